The molecule has 5 nitrogen and oxygen atoms in total. The van der Waals surface area contributed by atoms with Crippen molar-refractivity contribution in [2.24, 2.45) is 0 Å². The molecular weight excluding hydrogens is 282 g/mol. The van der Waals surface area contributed by atoms with Crippen molar-refractivity contribution in [3.05, 3.63) is 53.1 Å². The van der Waals surface area contributed by atoms with Crippen LogP contribution in [0.1, 0.15) is 27.4 Å². The quantitative estimate of drug-likeness (QED) is 0.881. The number of methoxy groups -OCH3 is 2. The summed E-state index contributed by atoms with van der Waals surface area (Å²) in [6, 6.07) is 11.0. The minimum atomic E-state index is -0.504. The third kappa shape index (κ3) is 2.02. The van der Waals surface area contributed by atoms with Crippen molar-refractivity contribution in [1.82, 2.24) is 0 Å². The highest BCUT2D eigenvalue weighted by Gasteiger charge is 2.37. The molecular formula is C17H15NO4. The first-order valence-electron chi connectivity index (χ1n) is 6.81. The highest BCUT2D eigenvalue weighted by molar-refractivity contribution is 6.10. The van der Waals surface area contributed by atoms with Gasteiger partial charge in [0.1, 0.15) is 11.5 Å². The Hall–Kier alpha value is -2.82. The van der Waals surface area contributed by atoms with E-state index in [0.29, 0.717) is 34.6 Å². The standard InChI is InChI=1S/C17H15NO4/c1-21-12-8-13(22-2)15-14(10-6-4-3-5-7-10)17(20)18-16(15)11(12)9-19/h3-9,14H,1-2H3,(H,18,20). The second-order valence-electron chi connectivity index (χ2n) is 4.93. The summed E-state index contributed by atoms with van der Waals surface area (Å²) in [6.45, 7) is 0. The van der Waals surface area contributed by atoms with Gasteiger partial charge in [0, 0.05) is 11.6 Å². The van der Waals surface area contributed by atoms with Crippen molar-refractivity contribution < 1.29 is 19.1 Å². The van der Waals surface area contributed by atoms with E-state index in [-0.39, 0.29) is 5.91 Å². The molecule has 1 aliphatic heterocycles. The molecule has 0 radical (unpaired) electrons. The first-order valence-corrected chi connectivity index (χ1v) is 6.81. The molecule has 2 aromatic rings. The lowest BCUT2D eigenvalue weighted by Crippen LogP contribution is -2.13. The molecule has 0 bridgehead atoms. The highest BCUT2D eigenvalue weighted by Crippen LogP contribution is 2.47. The van der Waals surface area contributed by atoms with Crippen LogP contribution in [0.2, 0.25) is 0 Å². The number of amides is 1. The van der Waals surface area contributed by atoms with Crippen LogP contribution < -0.4 is 14.8 Å². The SMILES string of the molecule is COc1cc(OC)c2c(c1C=O)NC(=O)C2c1ccccc1. The lowest BCUT2D eigenvalue weighted by molar-refractivity contribution is -0.116. The topological polar surface area (TPSA) is 64.6 Å². The number of fused-ring (bicyclic) bond motifs is 1. The number of rotatable bonds is 4. The van der Waals surface area contributed by atoms with Crippen LogP contribution in [0.5, 0.6) is 11.5 Å². The number of hydrogen-bond acceptors (Lipinski definition) is 4. The number of aldehydes is 1. The van der Waals surface area contributed by atoms with E-state index in [9.17, 15) is 9.59 Å². The minimum Gasteiger partial charge on any atom is -0.496 e. The Labute approximate surface area is 127 Å². The van der Waals surface area contributed by atoms with Crippen LogP contribution >= 0.6 is 0 Å². The minimum absolute atomic E-state index is 0.184. The van der Waals surface area contributed by atoms with Crippen molar-refractivity contribution >= 4 is 17.9 Å². The number of nitrogens with one attached hydrogen (secondary N) is 1. The average molecular weight is 297 g/mol. The summed E-state index contributed by atoms with van der Waals surface area (Å²) >= 11 is 0. The second kappa shape index (κ2) is 5.52. The zero-order valence-electron chi connectivity index (χ0n) is 12.3. The van der Waals surface area contributed by atoms with E-state index in [1.807, 2.05) is 30.3 Å². The van der Waals surface area contributed by atoms with Gasteiger partial charge in [0.15, 0.2) is 6.29 Å². The summed E-state index contributed by atoms with van der Waals surface area (Å²) in [5.74, 6) is 0.205. The van der Waals surface area contributed by atoms with Crippen LogP contribution in [0.3, 0.4) is 0 Å². The maximum Gasteiger partial charge on any atom is 0.236 e. The fourth-order valence-electron chi connectivity index (χ4n) is 2.83. The summed E-state index contributed by atoms with van der Waals surface area (Å²) in [5.41, 5.74) is 2.30. The molecule has 0 aromatic heterocycles. The van der Waals surface area contributed by atoms with Gasteiger partial charge in [-0.1, -0.05) is 30.3 Å². The third-order valence-corrected chi connectivity index (χ3v) is 3.82. The van der Waals surface area contributed by atoms with Gasteiger partial charge in [-0.05, 0) is 5.56 Å². The molecule has 22 heavy (non-hydrogen) atoms. The van der Waals surface area contributed by atoms with Gasteiger partial charge in [0.2, 0.25) is 5.91 Å². The molecule has 1 aliphatic rings. The molecule has 0 fully saturated rings. The lowest BCUT2D eigenvalue weighted by Gasteiger charge is -2.15. The van der Waals surface area contributed by atoms with E-state index in [0.717, 1.165) is 5.56 Å². The summed E-state index contributed by atoms with van der Waals surface area (Å²) in [5, 5.41) is 2.78. The molecule has 1 amide bonds. The number of anilines is 1. The third-order valence-electron chi connectivity index (χ3n) is 3.82. The Morgan fingerprint density at radius 3 is 2.36 bits per heavy atom. The van der Waals surface area contributed by atoms with Crippen molar-refractivity contribution in [2.45, 2.75) is 5.92 Å². The molecule has 2 aromatic carbocycles. The molecule has 0 aliphatic carbocycles. The van der Waals surface area contributed by atoms with Crippen molar-refractivity contribution in [3.63, 3.8) is 0 Å². The highest BCUT2D eigenvalue weighted by atomic mass is 16.5. The molecule has 1 atom stereocenters. The molecule has 3 rings (SSSR count). The van der Waals surface area contributed by atoms with Gasteiger partial charge < -0.3 is 14.8 Å². The predicted molar refractivity (Wildman–Crippen MR) is 81.8 cm³/mol. The van der Waals surface area contributed by atoms with Crippen LogP contribution in [0.25, 0.3) is 0 Å². The summed E-state index contributed by atoms with van der Waals surface area (Å²) in [6.07, 6.45) is 0.685. The van der Waals surface area contributed by atoms with Gasteiger partial charge in [0.25, 0.3) is 0 Å². The number of carbonyl (C=O) groups is 2. The fraction of sp³-hybridized carbons (Fsp3) is 0.176. The lowest BCUT2D eigenvalue weighted by atomic mass is 9.90. The Kier molecular flexibility index (Phi) is 3.55. The van der Waals surface area contributed by atoms with E-state index in [1.165, 1.54) is 14.2 Å². The summed E-state index contributed by atoms with van der Waals surface area (Å²) in [7, 11) is 3.00. The van der Waals surface area contributed by atoms with E-state index in [2.05, 4.69) is 5.32 Å². The van der Waals surface area contributed by atoms with Gasteiger partial charge in [-0.15, -0.1) is 0 Å². The molecule has 5 heteroatoms. The molecule has 0 saturated carbocycles. The normalized spacial score (nSPS) is 15.9. The predicted octanol–water partition coefficient (Wildman–Crippen LogP) is 2.60. The number of benzene rings is 2. The monoisotopic (exact) mass is 297 g/mol. The first kappa shape index (κ1) is 14.1. The van der Waals surface area contributed by atoms with Crippen LogP contribution in [0.4, 0.5) is 5.69 Å². The maximum absolute atomic E-state index is 12.4. The number of ether oxygens (including phenoxy) is 2. The Bertz CT molecular complexity index is 740. The molecule has 0 spiro atoms. The van der Waals surface area contributed by atoms with Gasteiger partial charge in [-0.2, -0.15) is 0 Å². The van der Waals surface area contributed by atoms with Crippen LogP contribution in [-0.2, 0) is 4.79 Å². The fourth-order valence-corrected chi connectivity index (χ4v) is 2.83. The van der Waals surface area contributed by atoms with Gasteiger partial charge in [-0.25, -0.2) is 0 Å². The van der Waals surface area contributed by atoms with Gasteiger partial charge in [-0.3, -0.25) is 9.59 Å². The average Bonchev–Trinajstić information content (AvgIpc) is 2.90. The van der Waals surface area contributed by atoms with Gasteiger partial charge in [0.05, 0.1) is 31.4 Å². The first-order chi connectivity index (χ1) is 10.7. The number of carbonyl (C=O) groups excluding carboxylic acids is 2. The molecule has 0 saturated heterocycles. The smallest absolute Gasteiger partial charge is 0.236 e. The molecule has 1 N–H and O–H groups in total. The van der Waals surface area contributed by atoms with Crippen LogP contribution in [0, 0.1) is 0 Å². The largest absolute Gasteiger partial charge is 0.496 e. The van der Waals surface area contributed by atoms with E-state index in [1.54, 1.807) is 6.07 Å². The van der Waals surface area contributed by atoms with Crippen LogP contribution in [-0.4, -0.2) is 26.4 Å². The van der Waals surface area contributed by atoms with Crippen molar-refractivity contribution in [3.8, 4) is 11.5 Å². The van der Waals surface area contributed by atoms with Crippen LogP contribution in [0.15, 0.2) is 36.4 Å². The Morgan fingerprint density at radius 2 is 1.77 bits per heavy atom. The Balaban J connectivity index is 2.27. The van der Waals surface area contributed by atoms with Gasteiger partial charge >= 0.3 is 0 Å². The second-order valence-corrected chi connectivity index (χ2v) is 4.93. The zero-order valence-corrected chi connectivity index (χ0v) is 12.3. The van der Waals surface area contributed by atoms with Crippen molar-refractivity contribution in [1.29, 1.82) is 0 Å². The van der Waals surface area contributed by atoms with E-state index in [4.69, 9.17) is 9.47 Å². The summed E-state index contributed by atoms with van der Waals surface area (Å²) < 4.78 is 10.6. The number of hydrogen-bond donors (Lipinski definition) is 1. The Morgan fingerprint density at radius 1 is 1.09 bits per heavy atom. The molecule has 1 heterocycles. The molecule has 112 valence electrons. The van der Waals surface area contributed by atoms with E-state index >= 15 is 0 Å². The van der Waals surface area contributed by atoms with Crippen molar-refractivity contribution in [2.75, 3.05) is 19.5 Å². The maximum atomic E-state index is 12.4. The zero-order chi connectivity index (χ0) is 15.7. The summed E-state index contributed by atoms with van der Waals surface area (Å²) in [4.78, 5) is 23.9. The molecule has 1 unspecified atom stereocenters. The van der Waals surface area contributed by atoms with E-state index < -0.39 is 5.92 Å².